The van der Waals surface area contributed by atoms with Crippen molar-refractivity contribution in [2.45, 2.75) is 25.2 Å². The summed E-state index contributed by atoms with van der Waals surface area (Å²) in [7, 11) is 2.62. The molecule has 41 heavy (non-hydrogen) atoms. The Labute approximate surface area is 246 Å². The number of fused-ring (bicyclic) bond motifs is 4. The highest BCUT2D eigenvalue weighted by Gasteiger charge is 2.43. The third-order valence-electron chi connectivity index (χ3n) is 8.47. The Balaban J connectivity index is 1.46. The van der Waals surface area contributed by atoms with Crippen molar-refractivity contribution in [3.05, 3.63) is 126 Å². The number of para-hydroxylation sites is 2. The Morgan fingerprint density at radius 3 is 1.78 bits per heavy atom. The van der Waals surface area contributed by atoms with Crippen LogP contribution < -0.4 is 26.2 Å². The minimum absolute atomic E-state index is 0.160. The van der Waals surface area contributed by atoms with Crippen molar-refractivity contribution in [2.75, 3.05) is 9.80 Å². The molecule has 0 spiro atoms. The lowest BCUT2D eigenvalue weighted by Crippen LogP contribution is -2.61. The molecule has 0 radical (unpaired) electrons. The molecular weight excluding hydrogens is 533 g/mol. The molecule has 0 saturated heterocycles. The molecule has 1 atom stereocenters. The highest BCUT2D eigenvalue weighted by Crippen LogP contribution is 2.44. The van der Waals surface area contributed by atoms with Gasteiger partial charge in [0.2, 0.25) is 0 Å². The smallest absolute Gasteiger partial charge is 0.252 e. The monoisotopic (exact) mass is 562 g/mol. The average Bonchev–Trinajstić information content (AvgIpc) is 3.82. The predicted octanol–water partition coefficient (Wildman–Crippen LogP) is 7.63. The van der Waals surface area contributed by atoms with Gasteiger partial charge in [0.05, 0.1) is 0 Å². The highest BCUT2D eigenvalue weighted by molar-refractivity contribution is 7.51. The van der Waals surface area contributed by atoms with Crippen molar-refractivity contribution >= 4 is 85.7 Å². The first-order valence-electron chi connectivity index (χ1n) is 14.3. The van der Waals surface area contributed by atoms with E-state index in [1.165, 1.54) is 75.4 Å². The van der Waals surface area contributed by atoms with Gasteiger partial charge in [0, 0.05) is 45.9 Å². The Hall–Kier alpha value is -3.90. The molecule has 0 amide bonds. The maximum atomic E-state index is 4.14. The van der Waals surface area contributed by atoms with Gasteiger partial charge in [-0.25, -0.2) is 0 Å². The molecule has 0 N–H and O–H groups in total. The molecule has 3 aliphatic heterocycles. The van der Waals surface area contributed by atoms with E-state index < -0.39 is 0 Å². The van der Waals surface area contributed by atoms with Crippen LogP contribution in [0.3, 0.4) is 0 Å². The zero-order valence-corrected chi connectivity index (χ0v) is 24.8. The molecule has 0 bridgehead atoms. The van der Waals surface area contributed by atoms with E-state index in [0.717, 1.165) is 20.8 Å². The van der Waals surface area contributed by atoms with Crippen LogP contribution in [0.4, 0.5) is 34.1 Å². The van der Waals surface area contributed by atoms with Crippen LogP contribution in [0, 0.1) is 6.92 Å². The van der Waals surface area contributed by atoms with Crippen LogP contribution in [0.2, 0.25) is 0 Å². The van der Waals surface area contributed by atoms with Gasteiger partial charge in [-0.2, -0.15) is 0 Å². The van der Waals surface area contributed by atoms with E-state index in [4.69, 9.17) is 0 Å². The van der Waals surface area contributed by atoms with Crippen LogP contribution in [0.5, 0.6) is 0 Å². The van der Waals surface area contributed by atoms with Crippen molar-refractivity contribution in [3.63, 3.8) is 0 Å². The molecule has 8 rings (SSSR count). The van der Waals surface area contributed by atoms with Crippen LogP contribution in [0.15, 0.2) is 109 Å². The van der Waals surface area contributed by atoms with E-state index >= 15 is 0 Å². The summed E-state index contributed by atoms with van der Waals surface area (Å²) in [6.07, 6.45) is 6.21. The zero-order chi connectivity index (χ0) is 27.5. The maximum Gasteiger partial charge on any atom is 0.252 e. The van der Waals surface area contributed by atoms with Crippen LogP contribution in [-0.4, -0.2) is 24.5 Å². The Kier molecular flexibility index (Phi) is 5.99. The molecule has 5 heteroatoms. The van der Waals surface area contributed by atoms with Crippen LogP contribution in [0.25, 0.3) is 0 Å². The molecular formula is C36H29BN2P2. The van der Waals surface area contributed by atoms with Gasteiger partial charge in [-0.1, -0.05) is 75.2 Å². The van der Waals surface area contributed by atoms with E-state index in [1.807, 2.05) is 0 Å². The van der Waals surface area contributed by atoms with Crippen LogP contribution in [0.1, 0.15) is 16.7 Å². The number of benzene rings is 5. The minimum atomic E-state index is 0.160. The Morgan fingerprint density at radius 1 is 0.707 bits per heavy atom. The lowest BCUT2D eigenvalue weighted by Gasteiger charge is -2.44. The third kappa shape index (κ3) is 4.19. The molecule has 0 aliphatic carbocycles. The summed E-state index contributed by atoms with van der Waals surface area (Å²) < 4.78 is 0. The van der Waals surface area contributed by atoms with Gasteiger partial charge >= 0.3 is 0 Å². The molecule has 3 heterocycles. The van der Waals surface area contributed by atoms with Gasteiger partial charge in [0.15, 0.2) is 0 Å². The van der Waals surface area contributed by atoms with Crippen LogP contribution >= 0.6 is 16.4 Å². The van der Waals surface area contributed by atoms with Gasteiger partial charge in [0.25, 0.3) is 6.71 Å². The molecule has 2 nitrogen and oxygen atoms in total. The number of anilines is 6. The van der Waals surface area contributed by atoms with Gasteiger partial charge in [0.1, 0.15) is 0 Å². The average molecular weight is 562 g/mol. The Morgan fingerprint density at radius 2 is 1.24 bits per heavy atom. The normalized spacial score (nSPS) is 16.3. The second-order valence-corrected chi connectivity index (χ2v) is 13.3. The first-order valence-corrected chi connectivity index (χ1v) is 16.6. The molecule has 5 aromatic rings. The molecule has 0 saturated carbocycles. The fourth-order valence-electron chi connectivity index (χ4n) is 6.71. The van der Waals surface area contributed by atoms with E-state index in [0.29, 0.717) is 5.66 Å². The van der Waals surface area contributed by atoms with Crippen molar-refractivity contribution in [2.24, 2.45) is 0 Å². The summed E-state index contributed by atoms with van der Waals surface area (Å²) in [5, 5.41) is 0. The summed E-state index contributed by atoms with van der Waals surface area (Å²) >= 11 is 0. The lowest BCUT2D eigenvalue weighted by atomic mass is 9.33. The summed E-state index contributed by atoms with van der Waals surface area (Å²) in [4.78, 5) is 4.98. The van der Waals surface area contributed by atoms with Gasteiger partial charge in [-0.05, 0) is 101 Å². The number of hydrogen-bond donors (Lipinski definition) is 0. The molecule has 1 unspecified atom stereocenters. The number of hydrogen-bond acceptors (Lipinski definition) is 2. The fraction of sp³-hybridized carbons (Fsp3) is 0.111. The fourth-order valence-corrected chi connectivity index (χ4v) is 7.71. The summed E-state index contributed by atoms with van der Waals surface area (Å²) in [5.74, 6) is 2.41. The van der Waals surface area contributed by atoms with Crippen molar-refractivity contribution < 1.29 is 0 Å². The van der Waals surface area contributed by atoms with Gasteiger partial charge in [-0.15, -0.1) is 8.20 Å². The van der Waals surface area contributed by atoms with E-state index in [9.17, 15) is 0 Å². The second kappa shape index (κ2) is 9.88. The van der Waals surface area contributed by atoms with Gasteiger partial charge in [-0.3, -0.25) is 0 Å². The summed E-state index contributed by atoms with van der Waals surface area (Å²) in [6, 6.07) is 40.9. The summed E-state index contributed by atoms with van der Waals surface area (Å²) in [6.45, 7) is 2.39. The SMILES string of the molecule is C=PCc1ccc2c(c1)B1c3cc(CC4C=P4)ccc3N(c3ccccc3)c3cc(C)cc(c31)N2c1ccccc1. The number of nitrogens with zero attached hydrogens (tertiary/aromatic N) is 2. The predicted molar refractivity (Wildman–Crippen MR) is 183 cm³/mol. The first kappa shape index (κ1) is 24.9. The minimum Gasteiger partial charge on any atom is -0.311 e. The quantitative estimate of drug-likeness (QED) is 0.152. The van der Waals surface area contributed by atoms with E-state index in [2.05, 4.69) is 138 Å². The molecule has 196 valence electrons. The van der Waals surface area contributed by atoms with Crippen LogP contribution in [-0.2, 0) is 12.6 Å². The molecule has 0 fully saturated rings. The van der Waals surface area contributed by atoms with Crippen molar-refractivity contribution in [3.8, 4) is 0 Å². The molecule has 3 aliphatic rings. The largest absolute Gasteiger partial charge is 0.311 e. The molecule has 5 aromatic carbocycles. The van der Waals surface area contributed by atoms with Gasteiger partial charge < -0.3 is 9.80 Å². The van der Waals surface area contributed by atoms with Crippen molar-refractivity contribution in [1.82, 2.24) is 0 Å². The standard InChI is InChI=1S/C36H29BN2P2/c1-24-17-34-36-35(18-24)39(28-11-7-4-8-12-28)33-16-14-26(22-40-2)21-31(33)37(36)30-20-25(19-29-23-41-29)13-15-32(30)38(34)27-9-5-3-6-10-27/h3-18,20-21,23,29H,2,19,22H2,1H3. The topological polar surface area (TPSA) is 6.48 Å². The lowest BCUT2D eigenvalue weighted by molar-refractivity contribution is 1.10. The molecule has 0 aromatic heterocycles. The number of aryl methyl sites for hydroxylation is 1. The van der Waals surface area contributed by atoms with E-state index in [-0.39, 0.29) is 6.71 Å². The summed E-state index contributed by atoms with van der Waals surface area (Å²) in [5.41, 5.74) is 16.4. The van der Waals surface area contributed by atoms with Crippen molar-refractivity contribution in [1.29, 1.82) is 0 Å². The first-order chi connectivity index (χ1) is 20.2. The van der Waals surface area contributed by atoms with E-state index in [1.54, 1.807) is 0 Å². The zero-order valence-electron chi connectivity index (χ0n) is 23.0. The Bertz CT molecular complexity index is 1830. The second-order valence-electron chi connectivity index (χ2n) is 11.2. The maximum absolute atomic E-state index is 4.14. The number of rotatable bonds is 6. The third-order valence-corrected chi connectivity index (χ3v) is 9.96. The highest BCUT2D eigenvalue weighted by atomic mass is 31.1.